The number of hydrogen-bond acceptors (Lipinski definition) is 10. The quantitative estimate of drug-likeness (QED) is 0.149. The van der Waals surface area contributed by atoms with Crippen molar-refractivity contribution in [3.05, 3.63) is 0 Å². The topological polar surface area (TPSA) is 121 Å². The van der Waals surface area contributed by atoms with Crippen LogP contribution in [0.2, 0.25) is 6.04 Å². The summed E-state index contributed by atoms with van der Waals surface area (Å²) in [5.74, 6) is 0. The molecular formula is C14H26N3O7PSiV. The Kier molecular flexibility index (Phi) is 13.7. The zero-order chi connectivity index (χ0) is 20.7. The first-order valence-electron chi connectivity index (χ1n) is 9.07. The van der Waals surface area contributed by atoms with Crippen molar-refractivity contribution in [1.82, 2.24) is 5.32 Å². The first-order chi connectivity index (χ1) is 13.5. The van der Waals surface area contributed by atoms with E-state index in [2.05, 4.69) is 9.27 Å². The molecule has 27 heavy (non-hydrogen) atoms. The van der Waals surface area contributed by atoms with Crippen LogP contribution >= 0.6 is 7.82 Å². The second-order valence-corrected chi connectivity index (χ2v) is 8.40. The molecular weight excluding hydrogens is 432 g/mol. The van der Waals surface area contributed by atoms with Crippen LogP contribution in [0.3, 0.4) is 0 Å². The van der Waals surface area contributed by atoms with Crippen LogP contribution in [0.1, 0.15) is 20.6 Å². The average Bonchev–Trinajstić information content (AvgIpc) is 3.01. The first kappa shape index (κ1) is 23.3. The van der Waals surface area contributed by atoms with Crippen molar-refractivity contribution >= 4 is 17.6 Å². The van der Waals surface area contributed by atoms with Gasteiger partial charge in [-0.2, -0.15) is 0 Å². The number of ether oxygens (including phenoxy) is 1. The standard InChI is InChI=1S/C14H26N3O7PSi.V/c1-19-26-11-3-6-17-7-10-23-25(18,22-8-2-5-15)24-13-4-9-20-14(13)12-21-16;/h13-14,17H,2-4,6-12H2,1H3;/i9T;. The van der Waals surface area contributed by atoms with E-state index in [1.807, 2.05) is 23.3 Å². The Morgan fingerprint density at radius 1 is 1.48 bits per heavy atom. The van der Waals surface area contributed by atoms with Crippen LogP contribution in [-0.2, 0) is 49.4 Å². The Balaban J connectivity index is 2.49. The molecule has 1 fully saturated rings. The molecule has 153 valence electrons. The van der Waals surface area contributed by atoms with Crippen molar-refractivity contribution in [2.45, 2.75) is 37.5 Å². The number of nitrogens with one attached hydrogen (secondary N) is 1. The summed E-state index contributed by atoms with van der Waals surface area (Å²) in [7, 11) is -1.76. The fourth-order valence-electron chi connectivity index (χ4n) is 2.09. The van der Waals surface area contributed by atoms with Crippen LogP contribution < -0.4 is 5.32 Å². The van der Waals surface area contributed by atoms with Crippen molar-refractivity contribution in [3.8, 4) is 6.07 Å². The van der Waals surface area contributed by atoms with Crippen molar-refractivity contribution < 1.29 is 50.7 Å². The first-order valence-corrected chi connectivity index (χ1v) is 11.7. The molecule has 1 heterocycles. The summed E-state index contributed by atoms with van der Waals surface area (Å²) < 4.78 is 50.7. The third-order valence-corrected chi connectivity index (χ3v) is 5.90. The molecule has 0 bridgehead atoms. The van der Waals surface area contributed by atoms with Crippen molar-refractivity contribution in [2.24, 2.45) is 3.95 Å². The molecule has 10 nitrogen and oxygen atoms in total. The Bertz CT molecular complexity index is 534. The second kappa shape index (κ2) is 15.9. The molecule has 4 atom stereocenters. The predicted molar refractivity (Wildman–Crippen MR) is 92.4 cm³/mol. The van der Waals surface area contributed by atoms with Gasteiger partial charge in [-0.15, -0.1) is 0 Å². The summed E-state index contributed by atoms with van der Waals surface area (Å²) in [5.41, 5.74) is 0. The maximum atomic E-state index is 12.9. The van der Waals surface area contributed by atoms with E-state index in [0.717, 1.165) is 19.0 Å². The van der Waals surface area contributed by atoms with Crippen molar-refractivity contribution in [1.29, 1.82) is 5.26 Å². The monoisotopic (exact) mass is 460 g/mol. The van der Waals surface area contributed by atoms with Gasteiger partial charge in [0.25, 0.3) is 0 Å². The normalized spacial score (nSPS) is 24.9. The molecule has 0 aromatic heterocycles. The number of rotatable bonds is 17. The molecule has 0 aromatic rings. The van der Waals surface area contributed by atoms with E-state index in [4.69, 9.17) is 34.2 Å². The van der Waals surface area contributed by atoms with Gasteiger partial charge in [-0.05, 0) is 12.5 Å². The molecule has 1 saturated heterocycles. The van der Waals surface area contributed by atoms with E-state index < -0.39 is 26.6 Å². The molecule has 0 amide bonds. The molecule has 1 aliphatic rings. The van der Waals surface area contributed by atoms with Gasteiger partial charge in [0.2, 0.25) is 9.76 Å². The Labute approximate surface area is 173 Å². The van der Waals surface area contributed by atoms with Gasteiger partial charge in [-0.25, -0.2) is 0 Å². The van der Waals surface area contributed by atoms with Gasteiger partial charge < -0.3 is 4.43 Å². The fourth-order valence-corrected chi connectivity index (χ4v) is 4.10. The van der Waals surface area contributed by atoms with Crippen LogP contribution in [0.5, 0.6) is 0 Å². The maximum absolute atomic E-state index is 12.9. The summed E-state index contributed by atoms with van der Waals surface area (Å²) in [6.07, 6.45) is -0.109. The Hall–Kier alpha value is 0.0413. The van der Waals surface area contributed by atoms with Gasteiger partial charge >= 0.3 is 139 Å². The second-order valence-electron chi connectivity index (χ2n) is 5.32. The molecule has 13 heteroatoms. The van der Waals surface area contributed by atoms with Gasteiger partial charge in [0.05, 0.1) is 0 Å². The molecule has 1 N–H and O–H groups in total. The Morgan fingerprint density at radius 2 is 2.30 bits per heavy atom. The number of nitriles is 1. The van der Waals surface area contributed by atoms with E-state index in [-0.39, 0.29) is 32.7 Å². The average molecular weight is 460 g/mol. The molecule has 1 rings (SSSR count). The molecule has 4 unspecified atom stereocenters. The third kappa shape index (κ3) is 11.6. The summed E-state index contributed by atoms with van der Waals surface area (Å²) in [5, 5.41) is 11.8. The molecule has 1 aliphatic heterocycles. The molecule has 2 radical (unpaired) electrons. The summed E-state index contributed by atoms with van der Waals surface area (Å²) in [6, 6.07) is 2.89. The molecule has 0 aliphatic carbocycles. The number of phosphoric acid groups is 1. The van der Waals surface area contributed by atoms with E-state index >= 15 is 0 Å². The number of nitrogens with zero attached hydrogens (tertiary/aromatic N) is 2. The van der Waals surface area contributed by atoms with Gasteiger partial charge in [-0.3, -0.25) is 0 Å². The van der Waals surface area contributed by atoms with Gasteiger partial charge in [0, 0.05) is 7.11 Å². The summed E-state index contributed by atoms with van der Waals surface area (Å²) >= 11 is 1.91. The third-order valence-electron chi connectivity index (χ3n) is 3.34. The van der Waals surface area contributed by atoms with Crippen LogP contribution in [0, 0.1) is 11.3 Å². The minimum atomic E-state index is -3.92. The van der Waals surface area contributed by atoms with Crippen LogP contribution in [0.15, 0.2) is 3.95 Å². The molecule has 0 spiro atoms. The summed E-state index contributed by atoms with van der Waals surface area (Å²) in [6.45, 7) is 0.502. The number of hydrogen-bond donors (Lipinski definition) is 1. The predicted octanol–water partition coefficient (Wildman–Crippen LogP) is 1.54. The van der Waals surface area contributed by atoms with Gasteiger partial charge in [0.15, 0.2) is 0 Å². The van der Waals surface area contributed by atoms with E-state index in [1.165, 1.54) is 0 Å². The van der Waals surface area contributed by atoms with Crippen molar-refractivity contribution in [2.75, 3.05) is 46.6 Å². The van der Waals surface area contributed by atoms with Crippen LogP contribution in [-0.4, -0.2) is 68.6 Å². The van der Waals surface area contributed by atoms with Crippen molar-refractivity contribution in [3.63, 3.8) is 0 Å². The molecule has 0 aromatic carbocycles. The fraction of sp³-hybridized carbons (Fsp3) is 0.929. The SMILES string of the molecule is [3H]C1CC(OP(=O)(OCCC#N)OCCNCCC[Si]OC)C(CO[N]=[V])O1. The van der Waals surface area contributed by atoms with Gasteiger partial charge in [0.1, 0.15) is 0 Å². The van der Waals surface area contributed by atoms with Gasteiger partial charge in [-0.1, -0.05) is 0 Å². The van der Waals surface area contributed by atoms with Crippen LogP contribution in [0.4, 0.5) is 0 Å². The molecule has 0 saturated carbocycles. The Morgan fingerprint density at radius 3 is 3.04 bits per heavy atom. The van der Waals surface area contributed by atoms with E-state index in [0.29, 0.717) is 16.3 Å². The van der Waals surface area contributed by atoms with E-state index in [1.54, 1.807) is 7.11 Å². The zero-order valence-electron chi connectivity index (χ0n) is 16.2. The zero-order valence-corrected chi connectivity index (χ0v) is 18.5. The van der Waals surface area contributed by atoms with Crippen LogP contribution in [0.25, 0.3) is 0 Å². The summed E-state index contributed by atoms with van der Waals surface area (Å²) in [4.78, 5) is 4.94. The number of phosphoric ester groups is 1. The van der Waals surface area contributed by atoms with E-state index in [9.17, 15) is 4.57 Å². The minimum absolute atomic E-state index is 0.0522.